The molecule has 142 valence electrons. The Kier molecular flexibility index (Phi) is 4.90. The maximum Gasteiger partial charge on any atom is 0.244 e. The van der Waals surface area contributed by atoms with Crippen LogP contribution in [0.15, 0.2) is 48.7 Å². The number of benzene rings is 1. The van der Waals surface area contributed by atoms with Crippen LogP contribution in [0.3, 0.4) is 0 Å². The zero-order valence-electron chi connectivity index (χ0n) is 15.5. The van der Waals surface area contributed by atoms with Gasteiger partial charge in [-0.15, -0.1) is 0 Å². The summed E-state index contributed by atoms with van der Waals surface area (Å²) in [6, 6.07) is 11.8. The highest BCUT2D eigenvalue weighted by atomic mass is 16.2. The normalized spacial score (nSPS) is 15.1. The van der Waals surface area contributed by atoms with Crippen molar-refractivity contribution in [2.45, 2.75) is 19.5 Å². The first-order chi connectivity index (χ1) is 13.6. The second-order valence-corrected chi connectivity index (χ2v) is 6.80. The molecule has 7 heteroatoms. The Morgan fingerprint density at radius 3 is 2.96 bits per heavy atom. The number of hydrogen-bond donors (Lipinski definition) is 4. The Labute approximate surface area is 162 Å². The standard InChI is InChI=1S/C21H21N5O2/c1-13(18-9-15-4-2-3-5-17(15)25-18)24-19(27)7-6-14-8-16-11-22-12-20(28)26-21(16)23-10-14/h2-10,13,22,25H,11-12H2,1H3,(H,24,27)(H,23,26,28). The first-order valence-corrected chi connectivity index (χ1v) is 9.14. The number of fused-ring (bicyclic) bond motifs is 2. The summed E-state index contributed by atoms with van der Waals surface area (Å²) < 4.78 is 0. The summed E-state index contributed by atoms with van der Waals surface area (Å²) in [5.74, 6) is 0.261. The van der Waals surface area contributed by atoms with E-state index in [9.17, 15) is 9.59 Å². The highest BCUT2D eigenvalue weighted by Gasteiger charge is 2.14. The summed E-state index contributed by atoms with van der Waals surface area (Å²) >= 11 is 0. The highest BCUT2D eigenvalue weighted by molar-refractivity contribution is 5.93. The lowest BCUT2D eigenvalue weighted by atomic mass is 10.1. The van der Waals surface area contributed by atoms with Gasteiger partial charge in [-0.3, -0.25) is 9.59 Å². The minimum atomic E-state index is -0.187. The van der Waals surface area contributed by atoms with Gasteiger partial charge in [-0.05, 0) is 42.1 Å². The van der Waals surface area contributed by atoms with Gasteiger partial charge in [-0.25, -0.2) is 4.98 Å². The smallest absolute Gasteiger partial charge is 0.244 e. The molecule has 0 radical (unpaired) electrons. The molecular formula is C21H21N5O2. The molecule has 1 aliphatic heterocycles. The lowest BCUT2D eigenvalue weighted by Gasteiger charge is -2.10. The average molecular weight is 375 g/mol. The monoisotopic (exact) mass is 375 g/mol. The van der Waals surface area contributed by atoms with E-state index >= 15 is 0 Å². The van der Waals surface area contributed by atoms with Crippen molar-refractivity contribution in [3.63, 3.8) is 0 Å². The van der Waals surface area contributed by atoms with Gasteiger partial charge in [0.2, 0.25) is 11.8 Å². The number of carbonyl (C=O) groups is 2. The first-order valence-electron chi connectivity index (χ1n) is 9.14. The van der Waals surface area contributed by atoms with E-state index in [0.717, 1.165) is 27.7 Å². The molecule has 1 aliphatic rings. The predicted molar refractivity (Wildman–Crippen MR) is 108 cm³/mol. The van der Waals surface area contributed by atoms with Crippen LogP contribution in [0.4, 0.5) is 5.82 Å². The highest BCUT2D eigenvalue weighted by Crippen LogP contribution is 2.20. The number of amides is 2. The number of rotatable bonds is 4. The van der Waals surface area contributed by atoms with E-state index in [0.29, 0.717) is 12.4 Å². The van der Waals surface area contributed by atoms with Crippen molar-refractivity contribution in [3.05, 3.63) is 65.5 Å². The molecule has 1 aromatic carbocycles. The summed E-state index contributed by atoms with van der Waals surface area (Å²) in [6.07, 6.45) is 4.84. The minimum Gasteiger partial charge on any atom is -0.357 e. The molecule has 2 amide bonds. The molecule has 2 aromatic heterocycles. The third-order valence-electron chi connectivity index (χ3n) is 4.65. The number of carbonyl (C=O) groups excluding carboxylic acids is 2. The van der Waals surface area contributed by atoms with Gasteiger partial charge in [0.15, 0.2) is 0 Å². The van der Waals surface area contributed by atoms with E-state index in [1.165, 1.54) is 6.08 Å². The molecule has 0 aliphatic carbocycles. The number of nitrogens with zero attached hydrogens (tertiary/aromatic N) is 1. The van der Waals surface area contributed by atoms with Crippen molar-refractivity contribution in [2.75, 3.05) is 11.9 Å². The van der Waals surface area contributed by atoms with Crippen molar-refractivity contribution in [3.8, 4) is 0 Å². The van der Waals surface area contributed by atoms with Gasteiger partial charge in [0.1, 0.15) is 5.82 Å². The van der Waals surface area contributed by atoms with Gasteiger partial charge in [0, 0.05) is 35.6 Å². The van der Waals surface area contributed by atoms with Crippen LogP contribution in [-0.2, 0) is 16.1 Å². The SMILES string of the molecule is CC(NC(=O)C=Cc1cnc2c(c1)CNCC(=O)N2)c1cc2ccccc2[nH]1. The second kappa shape index (κ2) is 7.66. The summed E-state index contributed by atoms with van der Waals surface area (Å²) in [4.78, 5) is 31.4. The summed E-state index contributed by atoms with van der Waals surface area (Å²) in [7, 11) is 0. The molecule has 4 N–H and O–H groups in total. The van der Waals surface area contributed by atoms with Crippen LogP contribution >= 0.6 is 0 Å². The Morgan fingerprint density at radius 2 is 2.11 bits per heavy atom. The molecule has 0 bridgehead atoms. The minimum absolute atomic E-state index is 0.111. The Bertz CT molecular complexity index is 1040. The van der Waals surface area contributed by atoms with Gasteiger partial charge in [0.05, 0.1) is 12.6 Å². The lowest BCUT2D eigenvalue weighted by Crippen LogP contribution is -2.24. The molecule has 3 heterocycles. The fourth-order valence-corrected chi connectivity index (χ4v) is 3.19. The van der Waals surface area contributed by atoms with Gasteiger partial charge in [-0.2, -0.15) is 0 Å². The summed E-state index contributed by atoms with van der Waals surface area (Å²) in [6.45, 7) is 2.75. The van der Waals surface area contributed by atoms with E-state index in [4.69, 9.17) is 0 Å². The molecule has 3 aromatic rings. The Hall–Kier alpha value is -3.45. The van der Waals surface area contributed by atoms with Crippen molar-refractivity contribution >= 4 is 34.6 Å². The van der Waals surface area contributed by atoms with Crippen LogP contribution in [0.25, 0.3) is 17.0 Å². The van der Waals surface area contributed by atoms with Crippen LogP contribution < -0.4 is 16.0 Å². The zero-order chi connectivity index (χ0) is 19.5. The lowest BCUT2D eigenvalue weighted by molar-refractivity contribution is -0.117. The Morgan fingerprint density at radius 1 is 1.25 bits per heavy atom. The number of aromatic nitrogens is 2. The van der Waals surface area contributed by atoms with E-state index in [2.05, 4.69) is 25.9 Å². The molecule has 28 heavy (non-hydrogen) atoms. The second-order valence-electron chi connectivity index (χ2n) is 6.80. The number of nitrogens with one attached hydrogen (secondary N) is 4. The fraction of sp³-hybridized carbons (Fsp3) is 0.190. The van der Waals surface area contributed by atoms with Crippen molar-refractivity contribution < 1.29 is 9.59 Å². The fourth-order valence-electron chi connectivity index (χ4n) is 3.19. The molecule has 1 unspecified atom stereocenters. The van der Waals surface area contributed by atoms with E-state index in [1.54, 1.807) is 12.3 Å². The van der Waals surface area contributed by atoms with Gasteiger partial charge >= 0.3 is 0 Å². The number of anilines is 1. The molecule has 0 fully saturated rings. The van der Waals surface area contributed by atoms with Crippen LogP contribution in [0.2, 0.25) is 0 Å². The third kappa shape index (κ3) is 3.94. The van der Waals surface area contributed by atoms with Crippen molar-refractivity contribution in [2.24, 2.45) is 0 Å². The molecule has 0 spiro atoms. The van der Waals surface area contributed by atoms with Crippen molar-refractivity contribution in [1.29, 1.82) is 0 Å². The molecular weight excluding hydrogens is 354 g/mol. The summed E-state index contributed by atoms with van der Waals surface area (Å²) in [5.41, 5.74) is 3.69. The van der Waals surface area contributed by atoms with Crippen LogP contribution in [-0.4, -0.2) is 28.3 Å². The molecule has 0 saturated carbocycles. The van der Waals surface area contributed by atoms with E-state index < -0.39 is 0 Å². The van der Waals surface area contributed by atoms with Gasteiger partial charge in [-0.1, -0.05) is 18.2 Å². The van der Waals surface area contributed by atoms with Crippen LogP contribution in [0.5, 0.6) is 0 Å². The number of pyridine rings is 1. The van der Waals surface area contributed by atoms with Gasteiger partial charge < -0.3 is 20.9 Å². The zero-order valence-corrected chi connectivity index (χ0v) is 15.5. The summed E-state index contributed by atoms with van der Waals surface area (Å²) in [5, 5.41) is 9.87. The topological polar surface area (TPSA) is 98.9 Å². The molecule has 4 rings (SSSR count). The van der Waals surface area contributed by atoms with E-state index in [1.807, 2.05) is 43.3 Å². The van der Waals surface area contributed by atoms with Crippen molar-refractivity contribution in [1.82, 2.24) is 20.6 Å². The third-order valence-corrected chi connectivity index (χ3v) is 4.65. The maximum absolute atomic E-state index is 12.3. The number of hydrogen-bond acceptors (Lipinski definition) is 4. The predicted octanol–water partition coefficient (Wildman–Crippen LogP) is 2.50. The first kappa shape index (κ1) is 17.9. The van der Waals surface area contributed by atoms with Crippen LogP contribution in [0.1, 0.15) is 29.8 Å². The Balaban J connectivity index is 1.42. The maximum atomic E-state index is 12.3. The molecule has 1 atom stereocenters. The molecule has 0 saturated heterocycles. The van der Waals surface area contributed by atoms with Gasteiger partial charge in [0.25, 0.3) is 0 Å². The number of H-pyrrole nitrogens is 1. The quantitative estimate of drug-likeness (QED) is 0.527. The van der Waals surface area contributed by atoms with Crippen LogP contribution in [0, 0.1) is 0 Å². The number of para-hydroxylation sites is 1. The largest absolute Gasteiger partial charge is 0.357 e. The average Bonchev–Trinajstić information content (AvgIpc) is 3.03. The number of aromatic amines is 1. The molecule has 7 nitrogen and oxygen atoms in total. The van der Waals surface area contributed by atoms with E-state index in [-0.39, 0.29) is 24.4 Å².